The Kier molecular flexibility index (Phi) is 4.57. The van der Waals surface area contributed by atoms with Gasteiger partial charge >= 0.3 is 0 Å². The van der Waals surface area contributed by atoms with Crippen LogP contribution in [0.5, 0.6) is 0 Å². The SMILES string of the molecule is CCC(=O)N(C(=O)CC)C(=O)c1ccccc1. The van der Waals surface area contributed by atoms with Crippen molar-refractivity contribution >= 4 is 17.7 Å². The van der Waals surface area contributed by atoms with E-state index in [0.717, 1.165) is 4.90 Å². The second kappa shape index (κ2) is 5.94. The van der Waals surface area contributed by atoms with Gasteiger partial charge in [-0.15, -0.1) is 0 Å². The minimum Gasteiger partial charge on any atom is -0.274 e. The summed E-state index contributed by atoms with van der Waals surface area (Å²) in [5.41, 5.74) is 0.344. The second-order valence-corrected chi connectivity index (χ2v) is 3.50. The van der Waals surface area contributed by atoms with Gasteiger partial charge in [0, 0.05) is 18.4 Å². The molecule has 0 N–H and O–H groups in total. The van der Waals surface area contributed by atoms with Crippen LogP contribution in [-0.2, 0) is 9.59 Å². The van der Waals surface area contributed by atoms with E-state index in [1.165, 1.54) is 0 Å². The Hall–Kier alpha value is -1.97. The highest BCUT2D eigenvalue weighted by Crippen LogP contribution is 2.08. The van der Waals surface area contributed by atoms with Crippen LogP contribution in [0.25, 0.3) is 0 Å². The summed E-state index contributed by atoms with van der Waals surface area (Å²) in [6.45, 7) is 3.24. The predicted molar refractivity (Wildman–Crippen MR) is 63.2 cm³/mol. The molecular formula is C13H15NO3. The first-order valence-electron chi connectivity index (χ1n) is 5.57. The minimum absolute atomic E-state index is 0.129. The molecule has 0 unspecified atom stereocenters. The molecule has 3 amide bonds. The van der Waals surface area contributed by atoms with Gasteiger partial charge < -0.3 is 0 Å². The highest BCUT2D eigenvalue weighted by molar-refractivity contribution is 6.16. The molecule has 0 radical (unpaired) electrons. The van der Waals surface area contributed by atoms with Crippen molar-refractivity contribution in [2.24, 2.45) is 0 Å². The number of carbonyl (C=O) groups is 3. The van der Waals surface area contributed by atoms with Crippen molar-refractivity contribution in [2.45, 2.75) is 26.7 Å². The Labute approximate surface area is 100 Å². The number of nitrogens with zero attached hydrogens (tertiary/aromatic N) is 1. The van der Waals surface area contributed by atoms with E-state index in [9.17, 15) is 14.4 Å². The smallest absolute Gasteiger partial charge is 0.267 e. The van der Waals surface area contributed by atoms with Gasteiger partial charge in [0.05, 0.1) is 0 Å². The highest BCUT2D eigenvalue weighted by Gasteiger charge is 2.26. The summed E-state index contributed by atoms with van der Waals surface area (Å²) in [4.78, 5) is 36.0. The molecule has 0 spiro atoms. The van der Waals surface area contributed by atoms with Crippen LogP contribution in [0.15, 0.2) is 30.3 Å². The fourth-order valence-corrected chi connectivity index (χ4v) is 1.39. The summed E-state index contributed by atoms with van der Waals surface area (Å²) in [6.07, 6.45) is 0.259. The monoisotopic (exact) mass is 233 g/mol. The number of rotatable bonds is 3. The maximum Gasteiger partial charge on any atom is 0.267 e. The molecule has 0 aliphatic rings. The first-order chi connectivity index (χ1) is 8.11. The lowest BCUT2D eigenvalue weighted by molar-refractivity contribution is -0.140. The zero-order chi connectivity index (χ0) is 12.8. The zero-order valence-corrected chi connectivity index (χ0v) is 9.97. The van der Waals surface area contributed by atoms with E-state index in [2.05, 4.69) is 0 Å². The molecule has 1 rings (SSSR count). The van der Waals surface area contributed by atoms with Crippen LogP contribution in [0, 0.1) is 0 Å². The molecule has 17 heavy (non-hydrogen) atoms. The molecule has 0 fully saturated rings. The molecule has 4 heteroatoms. The molecular weight excluding hydrogens is 218 g/mol. The van der Waals surface area contributed by atoms with Crippen LogP contribution in [0.4, 0.5) is 0 Å². The maximum atomic E-state index is 12.0. The van der Waals surface area contributed by atoms with Crippen LogP contribution in [-0.4, -0.2) is 22.6 Å². The summed E-state index contributed by atoms with van der Waals surface area (Å²) in [7, 11) is 0. The summed E-state index contributed by atoms with van der Waals surface area (Å²) < 4.78 is 0. The molecule has 0 atom stereocenters. The average molecular weight is 233 g/mol. The lowest BCUT2D eigenvalue weighted by atomic mass is 10.2. The average Bonchev–Trinajstić information content (AvgIpc) is 2.39. The number of imide groups is 3. The van der Waals surface area contributed by atoms with Gasteiger partial charge in [-0.25, -0.2) is 4.90 Å². The van der Waals surface area contributed by atoms with Crippen molar-refractivity contribution in [1.29, 1.82) is 0 Å². The molecule has 1 aromatic rings. The third kappa shape index (κ3) is 3.00. The van der Waals surface area contributed by atoms with Gasteiger partial charge in [0.25, 0.3) is 5.91 Å². The Morgan fingerprint density at radius 2 is 1.41 bits per heavy atom. The molecule has 0 saturated heterocycles. The van der Waals surface area contributed by atoms with Gasteiger partial charge in [0.15, 0.2) is 0 Å². The van der Waals surface area contributed by atoms with E-state index in [1.807, 2.05) is 0 Å². The molecule has 0 aromatic heterocycles. The van der Waals surface area contributed by atoms with Gasteiger partial charge in [-0.05, 0) is 12.1 Å². The Balaban J connectivity index is 3.03. The molecule has 0 saturated carbocycles. The van der Waals surface area contributed by atoms with Crippen molar-refractivity contribution in [1.82, 2.24) is 4.90 Å². The first-order valence-corrected chi connectivity index (χ1v) is 5.57. The second-order valence-electron chi connectivity index (χ2n) is 3.50. The lowest BCUT2D eigenvalue weighted by Gasteiger charge is -2.17. The molecule has 90 valence electrons. The number of benzene rings is 1. The van der Waals surface area contributed by atoms with E-state index in [1.54, 1.807) is 44.2 Å². The number of hydrogen-bond acceptors (Lipinski definition) is 3. The van der Waals surface area contributed by atoms with Gasteiger partial charge in [-0.3, -0.25) is 14.4 Å². The number of hydrogen-bond donors (Lipinski definition) is 0. The van der Waals surface area contributed by atoms with Gasteiger partial charge in [-0.2, -0.15) is 0 Å². The quantitative estimate of drug-likeness (QED) is 0.802. The summed E-state index contributed by atoms with van der Waals surface area (Å²) in [6, 6.07) is 8.32. The van der Waals surface area contributed by atoms with E-state index in [0.29, 0.717) is 5.56 Å². The fourth-order valence-electron chi connectivity index (χ4n) is 1.39. The molecule has 0 bridgehead atoms. The van der Waals surface area contributed by atoms with Crippen molar-refractivity contribution in [3.05, 3.63) is 35.9 Å². The normalized spacial score (nSPS) is 9.76. The number of carbonyl (C=O) groups excluding carboxylic acids is 3. The first kappa shape index (κ1) is 13.1. The zero-order valence-electron chi connectivity index (χ0n) is 9.97. The van der Waals surface area contributed by atoms with E-state index in [4.69, 9.17) is 0 Å². The van der Waals surface area contributed by atoms with Gasteiger partial charge in [0.2, 0.25) is 11.8 Å². The molecule has 0 heterocycles. The number of amides is 3. The van der Waals surface area contributed by atoms with E-state index < -0.39 is 17.7 Å². The summed E-state index contributed by atoms with van der Waals surface area (Å²) >= 11 is 0. The fraction of sp³-hybridized carbons (Fsp3) is 0.308. The van der Waals surface area contributed by atoms with Crippen LogP contribution < -0.4 is 0 Å². The predicted octanol–water partition coefficient (Wildman–Crippen LogP) is 2.00. The highest BCUT2D eigenvalue weighted by atomic mass is 16.2. The van der Waals surface area contributed by atoms with Crippen molar-refractivity contribution in [3.8, 4) is 0 Å². The van der Waals surface area contributed by atoms with Gasteiger partial charge in [0.1, 0.15) is 0 Å². The van der Waals surface area contributed by atoms with Crippen LogP contribution >= 0.6 is 0 Å². The lowest BCUT2D eigenvalue weighted by Crippen LogP contribution is -2.41. The Bertz CT molecular complexity index is 410. The molecule has 4 nitrogen and oxygen atoms in total. The molecule has 0 aliphatic heterocycles. The van der Waals surface area contributed by atoms with E-state index >= 15 is 0 Å². The Morgan fingerprint density at radius 3 is 1.82 bits per heavy atom. The third-order valence-electron chi connectivity index (χ3n) is 2.33. The summed E-state index contributed by atoms with van der Waals surface area (Å²) in [5.74, 6) is -1.49. The van der Waals surface area contributed by atoms with Crippen molar-refractivity contribution in [2.75, 3.05) is 0 Å². The topological polar surface area (TPSA) is 54.5 Å². The Morgan fingerprint density at radius 1 is 0.941 bits per heavy atom. The van der Waals surface area contributed by atoms with Crippen LogP contribution in [0.2, 0.25) is 0 Å². The largest absolute Gasteiger partial charge is 0.274 e. The maximum absolute atomic E-state index is 12.0. The molecule has 1 aromatic carbocycles. The standard InChI is InChI=1S/C13H15NO3/c1-3-11(15)14(12(16)4-2)13(17)10-8-6-5-7-9-10/h5-9H,3-4H2,1-2H3. The van der Waals surface area contributed by atoms with Crippen LogP contribution in [0.3, 0.4) is 0 Å². The minimum atomic E-state index is -0.552. The van der Waals surface area contributed by atoms with Crippen molar-refractivity contribution in [3.63, 3.8) is 0 Å². The van der Waals surface area contributed by atoms with Crippen molar-refractivity contribution < 1.29 is 14.4 Å². The molecule has 0 aliphatic carbocycles. The van der Waals surface area contributed by atoms with E-state index in [-0.39, 0.29) is 12.8 Å². The van der Waals surface area contributed by atoms with Gasteiger partial charge in [-0.1, -0.05) is 32.0 Å². The summed E-state index contributed by atoms with van der Waals surface area (Å²) in [5, 5.41) is 0. The van der Waals surface area contributed by atoms with Crippen LogP contribution in [0.1, 0.15) is 37.0 Å². The third-order valence-corrected chi connectivity index (χ3v) is 2.33.